The van der Waals surface area contributed by atoms with Crippen molar-refractivity contribution in [1.82, 2.24) is 10.2 Å². The third kappa shape index (κ3) is 2.40. The molecule has 4 heteroatoms. The maximum Gasteiger partial charge on any atom is 0.0346 e. The predicted octanol–water partition coefficient (Wildman–Crippen LogP) is 3.47. The summed E-state index contributed by atoms with van der Waals surface area (Å²) in [5, 5.41) is 5.85. The van der Waals surface area contributed by atoms with Gasteiger partial charge in [-0.25, -0.2) is 0 Å². The minimum atomic E-state index is 0.357. The molecule has 2 fully saturated rings. The topological polar surface area (TPSA) is 15.3 Å². The maximum absolute atomic E-state index is 3.67. The van der Waals surface area contributed by atoms with Crippen LogP contribution >= 0.6 is 27.3 Å². The van der Waals surface area contributed by atoms with Crippen LogP contribution in [0.3, 0.4) is 0 Å². The van der Waals surface area contributed by atoms with Crippen molar-refractivity contribution < 1.29 is 0 Å². The van der Waals surface area contributed by atoms with Crippen LogP contribution in [0.4, 0.5) is 0 Å². The van der Waals surface area contributed by atoms with Crippen LogP contribution in [0, 0.1) is 5.92 Å². The minimum absolute atomic E-state index is 0.357. The smallest absolute Gasteiger partial charge is 0.0346 e. The molecule has 0 aromatic carbocycles. The van der Waals surface area contributed by atoms with Crippen LogP contribution < -0.4 is 5.32 Å². The van der Waals surface area contributed by atoms with Gasteiger partial charge < -0.3 is 5.32 Å². The van der Waals surface area contributed by atoms with Gasteiger partial charge in [0.2, 0.25) is 0 Å². The molecule has 1 N–H and O–H groups in total. The van der Waals surface area contributed by atoms with Gasteiger partial charge in [-0.15, -0.1) is 11.3 Å². The Kier molecular flexibility index (Phi) is 3.56. The Hall–Kier alpha value is 0.1000. The van der Waals surface area contributed by atoms with E-state index in [9.17, 15) is 0 Å². The fourth-order valence-corrected chi connectivity index (χ4v) is 4.55. The summed E-state index contributed by atoms with van der Waals surface area (Å²) in [6, 6.07) is 2.77. The van der Waals surface area contributed by atoms with Crippen molar-refractivity contribution in [1.29, 1.82) is 0 Å². The van der Waals surface area contributed by atoms with E-state index in [1.807, 2.05) is 11.3 Å². The minimum Gasteiger partial charge on any atom is -0.311 e. The molecule has 18 heavy (non-hydrogen) atoms. The zero-order valence-corrected chi connectivity index (χ0v) is 13.5. The highest BCUT2D eigenvalue weighted by atomic mass is 79.9. The van der Waals surface area contributed by atoms with Crippen molar-refractivity contribution in [2.45, 2.75) is 44.8 Å². The second-order valence-corrected chi connectivity index (χ2v) is 7.84. The molecule has 3 rings (SSSR count). The molecule has 1 aromatic rings. The van der Waals surface area contributed by atoms with E-state index in [4.69, 9.17) is 0 Å². The lowest BCUT2D eigenvalue weighted by Crippen LogP contribution is -2.63. The molecule has 2 heterocycles. The number of piperazine rings is 1. The number of rotatable bonds is 3. The van der Waals surface area contributed by atoms with Gasteiger partial charge in [0.1, 0.15) is 0 Å². The fraction of sp³-hybridized carbons (Fsp3) is 0.714. The predicted molar refractivity (Wildman–Crippen MR) is 81.0 cm³/mol. The fourth-order valence-electron chi connectivity index (χ4n) is 3.06. The summed E-state index contributed by atoms with van der Waals surface area (Å²) in [6.45, 7) is 8.14. The van der Waals surface area contributed by atoms with E-state index in [2.05, 4.69) is 51.4 Å². The monoisotopic (exact) mass is 328 g/mol. The lowest BCUT2D eigenvalue weighted by atomic mass is 9.89. The first kappa shape index (κ1) is 13.1. The quantitative estimate of drug-likeness (QED) is 0.913. The van der Waals surface area contributed by atoms with Crippen LogP contribution in [0.1, 0.15) is 31.6 Å². The van der Waals surface area contributed by atoms with Gasteiger partial charge in [0.15, 0.2) is 0 Å². The van der Waals surface area contributed by atoms with Gasteiger partial charge in [-0.1, -0.05) is 0 Å². The van der Waals surface area contributed by atoms with Gasteiger partial charge >= 0.3 is 0 Å². The average molecular weight is 329 g/mol. The summed E-state index contributed by atoms with van der Waals surface area (Å²) in [4.78, 5) is 4.18. The number of thiophene rings is 1. The molecule has 1 aliphatic carbocycles. The molecule has 2 atom stereocenters. The summed E-state index contributed by atoms with van der Waals surface area (Å²) in [7, 11) is 0. The molecule has 0 bridgehead atoms. The Balaban J connectivity index is 1.79. The summed E-state index contributed by atoms with van der Waals surface area (Å²) in [6.07, 6.45) is 2.82. The molecule has 1 saturated carbocycles. The normalized spacial score (nSPS) is 33.8. The number of halogens is 1. The summed E-state index contributed by atoms with van der Waals surface area (Å²) in [5.74, 6) is 0.899. The van der Waals surface area contributed by atoms with E-state index < -0.39 is 0 Å². The van der Waals surface area contributed by atoms with Gasteiger partial charge in [0.25, 0.3) is 0 Å². The number of hydrogen-bond acceptors (Lipinski definition) is 3. The third-order valence-electron chi connectivity index (χ3n) is 4.51. The first-order valence-electron chi connectivity index (χ1n) is 6.80. The van der Waals surface area contributed by atoms with Crippen molar-refractivity contribution in [2.75, 3.05) is 13.1 Å². The zero-order valence-electron chi connectivity index (χ0n) is 11.1. The van der Waals surface area contributed by atoms with Crippen molar-refractivity contribution in [2.24, 2.45) is 5.92 Å². The van der Waals surface area contributed by atoms with Crippen LogP contribution in [0.25, 0.3) is 0 Å². The molecule has 1 saturated heterocycles. The standard InChI is InChI=1S/C14H21BrN2S/c1-10-7-17(8-13-12(15)5-6-18-13)14(2,9-16-10)11-3-4-11/h5-6,10-11,16H,3-4,7-9H2,1-2H3. The van der Waals surface area contributed by atoms with Gasteiger partial charge in [0, 0.05) is 40.6 Å². The van der Waals surface area contributed by atoms with E-state index >= 15 is 0 Å². The Morgan fingerprint density at radius 2 is 2.33 bits per heavy atom. The molecular weight excluding hydrogens is 308 g/mol. The van der Waals surface area contributed by atoms with Crippen LogP contribution in [-0.4, -0.2) is 29.6 Å². The lowest BCUT2D eigenvalue weighted by molar-refractivity contribution is 0.0319. The highest BCUT2D eigenvalue weighted by Gasteiger charge is 2.47. The van der Waals surface area contributed by atoms with Crippen molar-refractivity contribution in [3.05, 3.63) is 20.8 Å². The van der Waals surface area contributed by atoms with E-state index in [0.29, 0.717) is 11.6 Å². The first-order chi connectivity index (χ1) is 8.59. The Bertz CT molecular complexity index is 429. The summed E-state index contributed by atoms with van der Waals surface area (Å²) < 4.78 is 1.27. The highest BCUT2D eigenvalue weighted by Crippen LogP contribution is 2.44. The first-order valence-corrected chi connectivity index (χ1v) is 8.47. The van der Waals surface area contributed by atoms with Crippen LogP contribution in [0.5, 0.6) is 0 Å². The number of nitrogens with one attached hydrogen (secondary N) is 1. The zero-order chi connectivity index (χ0) is 12.8. The number of nitrogens with zero attached hydrogens (tertiary/aromatic N) is 1. The van der Waals surface area contributed by atoms with Crippen molar-refractivity contribution in [3.8, 4) is 0 Å². The molecule has 1 aromatic heterocycles. The van der Waals surface area contributed by atoms with Gasteiger partial charge in [0.05, 0.1) is 0 Å². The molecule has 0 spiro atoms. The van der Waals surface area contributed by atoms with Crippen LogP contribution in [0.15, 0.2) is 15.9 Å². The van der Waals surface area contributed by atoms with E-state index in [0.717, 1.165) is 25.6 Å². The van der Waals surface area contributed by atoms with Gasteiger partial charge in [-0.05, 0) is 60.0 Å². The number of hydrogen-bond donors (Lipinski definition) is 1. The van der Waals surface area contributed by atoms with Crippen molar-refractivity contribution in [3.63, 3.8) is 0 Å². The second kappa shape index (κ2) is 4.89. The van der Waals surface area contributed by atoms with Gasteiger partial charge in [-0.2, -0.15) is 0 Å². The van der Waals surface area contributed by atoms with Crippen molar-refractivity contribution >= 4 is 27.3 Å². The Labute approximate surface area is 122 Å². The highest BCUT2D eigenvalue weighted by molar-refractivity contribution is 9.10. The molecule has 0 radical (unpaired) electrons. The molecule has 0 amide bonds. The molecule has 1 aliphatic heterocycles. The largest absolute Gasteiger partial charge is 0.311 e. The molecule has 100 valence electrons. The molecule has 2 unspecified atom stereocenters. The maximum atomic E-state index is 3.67. The second-order valence-electron chi connectivity index (χ2n) is 5.99. The molecular formula is C14H21BrN2S. The van der Waals surface area contributed by atoms with Crippen LogP contribution in [-0.2, 0) is 6.54 Å². The third-order valence-corrected chi connectivity index (χ3v) is 6.42. The SMILES string of the molecule is CC1CN(Cc2sccc2Br)C(C)(C2CC2)CN1. The molecule has 2 nitrogen and oxygen atoms in total. The molecule has 2 aliphatic rings. The van der Waals surface area contributed by atoms with E-state index in [1.165, 1.54) is 22.2 Å². The summed E-state index contributed by atoms with van der Waals surface area (Å²) in [5.41, 5.74) is 0.357. The van der Waals surface area contributed by atoms with Gasteiger partial charge in [-0.3, -0.25) is 4.90 Å². The van der Waals surface area contributed by atoms with E-state index in [1.54, 1.807) is 0 Å². The van der Waals surface area contributed by atoms with Crippen LogP contribution in [0.2, 0.25) is 0 Å². The lowest BCUT2D eigenvalue weighted by Gasteiger charge is -2.48. The average Bonchev–Trinajstić information content (AvgIpc) is 3.11. The van der Waals surface area contributed by atoms with E-state index in [-0.39, 0.29) is 0 Å². The Morgan fingerprint density at radius 3 is 2.94 bits per heavy atom. The summed E-state index contributed by atoms with van der Waals surface area (Å²) >= 11 is 5.53. The Morgan fingerprint density at radius 1 is 1.56 bits per heavy atom.